The van der Waals surface area contributed by atoms with Gasteiger partial charge < -0.3 is 0 Å². The van der Waals surface area contributed by atoms with Gasteiger partial charge in [-0.3, -0.25) is 29.4 Å². The van der Waals surface area contributed by atoms with Crippen LogP contribution >= 0.6 is 0 Å². The van der Waals surface area contributed by atoms with Gasteiger partial charge in [-0.15, -0.1) is 0 Å². The van der Waals surface area contributed by atoms with Crippen molar-refractivity contribution in [3.8, 4) is 0 Å². The third-order valence-corrected chi connectivity index (χ3v) is 4.40. The number of imide groups is 1. The van der Waals surface area contributed by atoms with E-state index in [-0.39, 0.29) is 24.7 Å². The van der Waals surface area contributed by atoms with Crippen LogP contribution in [0.25, 0.3) is 10.8 Å². The molecule has 2 aromatic carbocycles. The van der Waals surface area contributed by atoms with Gasteiger partial charge in [-0.25, -0.2) is 0 Å². The maximum absolute atomic E-state index is 12.9. The molecule has 23 heavy (non-hydrogen) atoms. The molecular formula is C17H12N2O4. The highest BCUT2D eigenvalue weighted by Gasteiger charge is 2.41. The van der Waals surface area contributed by atoms with Crippen LogP contribution in [0.15, 0.2) is 30.3 Å². The van der Waals surface area contributed by atoms with Gasteiger partial charge in [0.05, 0.1) is 11.3 Å². The van der Waals surface area contributed by atoms with Gasteiger partial charge in [-0.05, 0) is 17.9 Å². The van der Waals surface area contributed by atoms with E-state index in [1.54, 1.807) is 24.3 Å². The highest BCUT2D eigenvalue weighted by atomic mass is 16.2. The van der Waals surface area contributed by atoms with E-state index >= 15 is 0 Å². The molecule has 0 aromatic heterocycles. The van der Waals surface area contributed by atoms with Crippen molar-refractivity contribution in [2.75, 3.05) is 4.90 Å². The van der Waals surface area contributed by atoms with Crippen LogP contribution in [-0.2, 0) is 9.59 Å². The number of piperidine rings is 1. The molecule has 0 saturated carbocycles. The zero-order valence-corrected chi connectivity index (χ0v) is 12.0. The summed E-state index contributed by atoms with van der Waals surface area (Å²) >= 11 is 0. The molecule has 6 heteroatoms. The molecule has 2 heterocycles. The molecule has 1 unspecified atom stereocenters. The monoisotopic (exact) mass is 308 g/mol. The van der Waals surface area contributed by atoms with Crippen LogP contribution in [0.5, 0.6) is 0 Å². The first-order chi connectivity index (χ1) is 11.1. The number of anilines is 1. The van der Waals surface area contributed by atoms with Crippen molar-refractivity contribution in [1.29, 1.82) is 0 Å². The van der Waals surface area contributed by atoms with Crippen molar-refractivity contribution in [3.63, 3.8) is 0 Å². The predicted octanol–water partition coefficient (Wildman–Crippen LogP) is 1.42. The molecule has 1 saturated heterocycles. The van der Waals surface area contributed by atoms with E-state index in [1.165, 1.54) is 4.90 Å². The van der Waals surface area contributed by atoms with Crippen molar-refractivity contribution in [2.45, 2.75) is 18.9 Å². The van der Waals surface area contributed by atoms with Gasteiger partial charge in [0.25, 0.3) is 5.91 Å². The summed E-state index contributed by atoms with van der Waals surface area (Å²) in [5.41, 5.74) is 1.25. The maximum atomic E-state index is 12.9. The summed E-state index contributed by atoms with van der Waals surface area (Å²) in [6.07, 6.45) is 1.11. The van der Waals surface area contributed by atoms with E-state index < -0.39 is 11.9 Å². The normalized spacial score (nSPS) is 20.1. The fourth-order valence-corrected chi connectivity index (χ4v) is 3.37. The summed E-state index contributed by atoms with van der Waals surface area (Å²) in [4.78, 5) is 49.1. The lowest BCUT2D eigenvalue weighted by molar-refractivity contribution is -0.134. The molecule has 1 atom stereocenters. The molecule has 1 N–H and O–H groups in total. The average Bonchev–Trinajstić information content (AvgIpc) is 2.83. The number of aldehydes is 1. The number of carbonyl (C=O) groups is 4. The Hall–Kier alpha value is -3.02. The third-order valence-electron chi connectivity index (χ3n) is 4.40. The molecule has 114 valence electrons. The Kier molecular flexibility index (Phi) is 2.81. The van der Waals surface area contributed by atoms with Gasteiger partial charge >= 0.3 is 0 Å². The summed E-state index contributed by atoms with van der Waals surface area (Å²) in [5, 5.41) is 3.80. The molecular weight excluding hydrogens is 296 g/mol. The van der Waals surface area contributed by atoms with Crippen LogP contribution in [0.1, 0.15) is 33.6 Å². The highest BCUT2D eigenvalue weighted by molar-refractivity contribution is 6.29. The zero-order valence-electron chi connectivity index (χ0n) is 12.0. The summed E-state index contributed by atoms with van der Waals surface area (Å²) in [6.45, 7) is 0. The second-order valence-electron chi connectivity index (χ2n) is 5.66. The number of amides is 3. The van der Waals surface area contributed by atoms with Crippen molar-refractivity contribution in [2.24, 2.45) is 0 Å². The summed E-state index contributed by atoms with van der Waals surface area (Å²) in [6, 6.07) is 8.08. The summed E-state index contributed by atoms with van der Waals surface area (Å²) in [5.74, 6) is -1.18. The SMILES string of the molecule is O=Cc1ccc2cccc3c2c1C(=O)N3C1CCC(=O)NC1=O. The molecule has 4 rings (SSSR count). The first kappa shape index (κ1) is 13.6. The number of nitrogens with one attached hydrogen (secondary N) is 1. The molecule has 0 radical (unpaired) electrons. The predicted molar refractivity (Wildman–Crippen MR) is 82.3 cm³/mol. The Balaban J connectivity index is 1.91. The van der Waals surface area contributed by atoms with Crippen molar-refractivity contribution in [3.05, 3.63) is 41.5 Å². The van der Waals surface area contributed by atoms with Gasteiger partial charge in [0.1, 0.15) is 6.04 Å². The molecule has 1 fully saturated rings. The standard InChI is InChI=1S/C17H12N2O4/c20-8-10-5-4-9-2-1-3-11-14(9)15(10)17(23)19(11)12-6-7-13(21)18-16(12)22/h1-5,8,12H,6-7H2,(H,18,21,22). The lowest BCUT2D eigenvalue weighted by Gasteiger charge is -2.30. The molecule has 6 nitrogen and oxygen atoms in total. The number of carbonyl (C=O) groups excluding carboxylic acids is 4. The van der Waals surface area contributed by atoms with E-state index in [1.807, 2.05) is 6.07 Å². The fourth-order valence-electron chi connectivity index (χ4n) is 3.37. The van der Waals surface area contributed by atoms with E-state index in [0.717, 1.165) is 5.39 Å². The van der Waals surface area contributed by atoms with Crippen LogP contribution in [0.3, 0.4) is 0 Å². The molecule has 2 aliphatic heterocycles. The van der Waals surface area contributed by atoms with E-state index in [0.29, 0.717) is 28.5 Å². The Morgan fingerprint density at radius 1 is 1.13 bits per heavy atom. The van der Waals surface area contributed by atoms with Crippen LogP contribution in [0.4, 0.5) is 5.69 Å². The van der Waals surface area contributed by atoms with Gasteiger partial charge in [-0.1, -0.05) is 24.3 Å². The van der Waals surface area contributed by atoms with Crippen LogP contribution in [-0.4, -0.2) is 30.0 Å². The Morgan fingerprint density at radius 2 is 1.96 bits per heavy atom. The van der Waals surface area contributed by atoms with Gasteiger partial charge in [0.2, 0.25) is 11.8 Å². The number of benzene rings is 2. The summed E-state index contributed by atoms with van der Waals surface area (Å²) in [7, 11) is 0. The Labute approximate surface area is 131 Å². The Morgan fingerprint density at radius 3 is 2.70 bits per heavy atom. The minimum atomic E-state index is -0.738. The largest absolute Gasteiger partial charge is 0.298 e. The van der Waals surface area contributed by atoms with Crippen LogP contribution in [0, 0.1) is 0 Å². The molecule has 2 aromatic rings. The maximum Gasteiger partial charge on any atom is 0.260 e. The molecule has 2 aliphatic rings. The minimum Gasteiger partial charge on any atom is -0.298 e. The lowest BCUT2D eigenvalue weighted by atomic mass is 10.0. The van der Waals surface area contributed by atoms with Gasteiger partial charge in [0, 0.05) is 17.4 Å². The van der Waals surface area contributed by atoms with Crippen molar-refractivity contribution < 1.29 is 19.2 Å². The van der Waals surface area contributed by atoms with E-state index in [2.05, 4.69) is 5.32 Å². The highest BCUT2D eigenvalue weighted by Crippen LogP contribution is 2.40. The number of hydrogen-bond donors (Lipinski definition) is 1. The Bertz CT molecular complexity index is 903. The minimum absolute atomic E-state index is 0.188. The molecule has 0 bridgehead atoms. The number of hydrogen-bond acceptors (Lipinski definition) is 4. The van der Waals surface area contributed by atoms with E-state index in [9.17, 15) is 19.2 Å². The first-order valence-corrected chi connectivity index (χ1v) is 7.30. The summed E-state index contributed by atoms with van der Waals surface area (Å²) < 4.78 is 0. The molecule has 0 spiro atoms. The van der Waals surface area contributed by atoms with Gasteiger partial charge in [0.15, 0.2) is 6.29 Å². The third kappa shape index (κ3) is 1.81. The van der Waals surface area contributed by atoms with E-state index in [4.69, 9.17) is 0 Å². The van der Waals surface area contributed by atoms with Crippen LogP contribution < -0.4 is 10.2 Å². The average molecular weight is 308 g/mol. The molecule has 0 aliphatic carbocycles. The molecule has 3 amide bonds. The zero-order chi connectivity index (χ0) is 16.1. The van der Waals surface area contributed by atoms with Crippen LogP contribution in [0.2, 0.25) is 0 Å². The van der Waals surface area contributed by atoms with Crippen molar-refractivity contribution >= 4 is 40.5 Å². The van der Waals surface area contributed by atoms with Gasteiger partial charge in [-0.2, -0.15) is 0 Å². The quantitative estimate of drug-likeness (QED) is 0.672. The topological polar surface area (TPSA) is 83.6 Å². The number of nitrogens with zero attached hydrogens (tertiary/aromatic N) is 1. The lowest BCUT2D eigenvalue weighted by Crippen LogP contribution is -2.53. The second-order valence-corrected chi connectivity index (χ2v) is 5.66. The van der Waals surface area contributed by atoms with Crippen molar-refractivity contribution in [1.82, 2.24) is 5.32 Å². The smallest absolute Gasteiger partial charge is 0.260 e. The second kappa shape index (κ2) is 4.74. The first-order valence-electron chi connectivity index (χ1n) is 7.30. The number of rotatable bonds is 2. The fraction of sp³-hybridized carbons (Fsp3) is 0.176.